The molecule has 1 atom stereocenters. The van der Waals surface area contributed by atoms with E-state index in [1.807, 2.05) is 0 Å². The van der Waals surface area contributed by atoms with Gasteiger partial charge in [0.05, 0.1) is 0 Å². The van der Waals surface area contributed by atoms with Crippen LogP contribution in [0.1, 0.15) is 64.2 Å². The van der Waals surface area contributed by atoms with Crippen LogP contribution in [-0.2, 0) is 13.4 Å². The van der Waals surface area contributed by atoms with E-state index in [1.54, 1.807) is 25.7 Å². The number of hydrogen-bond acceptors (Lipinski definition) is 3. The summed E-state index contributed by atoms with van der Waals surface area (Å²) in [5.74, 6) is 2.28. The fourth-order valence-corrected chi connectivity index (χ4v) is 5.70. The summed E-state index contributed by atoms with van der Waals surface area (Å²) in [5.41, 5.74) is 0. The first-order valence-corrected chi connectivity index (χ1v) is 12.2. The van der Waals surface area contributed by atoms with E-state index in [1.165, 1.54) is 58.5 Å². The van der Waals surface area contributed by atoms with E-state index in [4.69, 9.17) is 0 Å². The van der Waals surface area contributed by atoms with Crippen molar-refractivity contribution in [1.82, 2.24) is 0 Å². The Morgan fingerprint density at radius 2 is 1.20 bits per heavy atom. The quantitative estimate of drug-likeness (QED) is 0.593. The van der Waals surface area contributed by atoms with Gasteiger partial charge in [-0.1, -0.05) is 68.5 Å². The van der Waals surface area contributed by atoms with Gasteiger partial charge >= 0.3 is 8.03 Å². The molecule has 2 aliphatic rings. The van der Waals surface area contributed by atoms with Crippen molar-refractivity contribution < 1.29 is 13.4 Å². The molecule has 20 heavy (non-hydrogen) atoms. The molecule has 0 amide bonds. The molecule has 2 fully saturated rings. The van der Waals surface area contributed by atoms with E-state index in [2.05, 4.69) is 4.31 Å². The van der Waals surface area contributed by atoms with E-state index in [0.29, 0.717) is 0 Å². The fraction of sp³-hybridized carbons (Fsp3) is 1.00. The molecular weight excluding hydrogens is 290 g/mol. The van der Waals surface area contributed by atoms with Crippen LogP contribution < -0.4 is 0 Å². The standard InChI is InChI=1S/C12H22.C3H9O3P2/c1-3-7-11(8-4-1)12-9-5-2-6-10-12;1-7(4)6-8(2,3)5/h11-12H,1-10H2;1-3H3/q;+1. The van der Waals surface area contributed by atoms with E-state index >= 15 is 0 Å². The lowest BCUT2D eigenvalue weighted by Crippen LogP contribution is -2.20. The maximum Gasteiger partial charge on any atom is 0.511 e. The summed E-state index contributed by atoms with van der Waals surface area (Å²) in [7, 11) is -4.21. The maximum absolute atomic E-state index is 10.6. The number of rotatable bonds is 3. The molecule has 0 bridgehead atoms. The van der Waals surface area contributed by atoms with Crippen LogP contribution in [0.2, 0.25) is 0 Å². The van der Waals surface area contributed by atoms with Gasteiger partial charge < -0.3 is 0 Å². The summed E-state index contributed by atoms with van der Waals surface area (Å²) in [4.78, 5) is 0. The van der Waals surface area contributed by atoms with Crippen LogP contribution in [0.3, 0.4) is 0 Å². The molecule has 0 aromatic carbocycles. The Kier molecular flexibility index (Phi) is 8.56. The maximum atomic E-state index is 10.6. The SMILES string of the molecule is C1CCC(C2CCCCC2)CC1.C[P+](=O)OP(C)(C)=O. The summed E-state index contributed by atoms with van der Waals surface area (Å²) in [6.45, 7) is 4.25. The Morgan fingerprint density at radius 1 is 0.850 bits per heavy atom. The first-order chi connectivity index (χ1) is 9.38. The molecule has 5 heteroatoms. The van der Waals surface area contributed by atoms with Crippen molar-refractivity contribution in [3.8, 4) is 0 Å². The highest BCUT2D eigenvalue weighted by Gasteiger charge is 2.24. The second-order valence-electron chi connectivity index (χ2n) is 6.57. The van der Waals surface area contributed by atoms with Crippen LogP contribution in [0.15, 0.2) is 0 Å². The van der Waals surface area contributed by atoms with Crippen LogP contribution in [0, 0.1) is 11.8 Å². The van der Waals surface area contributed by atoms with Gasteiger partial charge in [-0.15, -0.1) is 0 Å². The third-order valence-electron chi connectivity index (χ3n) is 4.28. The monoisotopic (exact) mass is 321 g/mol. The van der Waals surface area contributed by atoms with Gasteiger partial charge in [-0.3, -0.25) is 4.57 Å². The molecular formula is C15H31O3P2+. The summed E-state index contributed by atoms with van der Waals surface area (Å²) in [5, 5.41) is 0. The van der Waals surface area contributed by atoms with Gasteiger partial charge in [-0.2, -0.15) is 0 Å². The van der Waals surface area contributed by atoms with Crippen LogP contribution >= 0.6 is 15.4 Å². The largest absolute Gasteiger partial charge is 0.511 e. The lowest BCUT2D eigenvalue weighted by Gasteiger charge is -2.32. The molecule has 118 valence electrons. The molecule has 0 heterocycles. The second-order valence-corrected chi connectivity index (χ2v) is 10.6. The van der Waals surface area contributed by atoms with Crippen LogP contribution in [0.5, 0.6) is 0 Å². The highest BCUT2D eigenvalue weighted by Crippen LogP contribution is 2.46. The average molecular weight is 321 g/mol. The van der Waals surface area contributed by atoms with Gasteiger partial charge in [0.25, 0.3) is 7.37 Å². The lowest BCUT2D eigenvalue weighted by molar-refractivity contribution is 0.196. The molecule has 0 saturated heterocycles. The van der Waals surface area contributed by atoms with Crippen LogP contribution in [-0.4, -0.2) is 20.0 Å². The van der Waals surface area contributed by atoms with Crippen molar-refractivity contribution in [2.24, 2.45) is 11.8 Å². The van der Waals surface area contributed by atoms with Gasteiger partial charge in [0.15, 0.2) is 6.66 Å². The average Bonchev–Trinajstić information content (AvgIpc) is 2.39. The van der Waals surface area contributed by atoms with Gasteiger partial charge in [0.1, 0.15) is 0 Å². The van der Waals surface area contributed by atoms with Crippen molar-refractivity contribution >= 4 is 15.4 Å². The molecule has 0 aromatic rings. The third kappa shape index (κ3) is 8.55. The van der Waals surface area contributed by atoms with Gasteiger partial charge in [-0.05, 0) is 16.4 Å². The van der Waals surface area contributed by atoms with E-state index in [0.717, 1.165) is 11.8 Å². The van der Waals surface area contributed by atoms with Crippen LogP contribution in [0.25, 0.3) is 0 Å². The Balaban J connectivity index is 0.000000221. The Labute approximate surface area is 125 Å². The van der Waals surface area contributed by atoms with Crippen molar-refractivity contribution in [2.75, 3.05) is 20.0 Å². The zero-order valence-corrected chi connectivity index (χ0v) is 15.1. The van der Waals surface area contributed by atoms with E-state index < -0.39 is 15.4 Å². The van der Waals surface area contributed by atoms with Gasteiger partial charge in [0.2, 0.25) is 0 Å². The summed E-state index contributed by atoms with van der Waals surface area (Å²) < 4.78 is 25.3. The fourth-order valence-electron chi connectivity index (χ4n) is 3.49. The smallest absolute Gasteiger partial charge is 0.289 e. The first kappa shape index (κ1) is 18.3. The minimum atomic E-state index is -2.51. The van der Waals surface area contributed by atoms with Crippen molar-refractivity contribution in [3.05, 3.63) is 0 Å². The Hall–Kier alpha value is 0.290. The summed E-state index contributed by atoms with van der Waals surface area (Å²) in [6.07, 6.45) is 15.4. The predicted molar refractivity (Wildman–Crippen MR) is 87.2 cm³/mol. The van der Waals surface area contributed by atoms with Crippen molar-refractivity contribution in [3.63, 3.8) is 0 Å². The first-order valence-electron chi connectivity index (χ1n) is 8.04. The van der Waals surface area contributed by atoms with Crippen molar-refractivity contribution in [2.45, 2.75) is 64.2 Å². The third-order valence-corrected chi connectivity index (χ3v) is 6.77. The number of hydrogen-bond donors (Lipinski definition) is 0. The molecule has 0 N–H and O–H groups in total. The molecule has 1 unspecified atom stereocenters. The topological polar surface area (TPSA) is 43.4 Å². The molecule has 0 radical (unpaired) electrons. The molecule has 2 rings (SSSR count). The highest BCUT2D eigenvalue weighted by atomic mass is 31.2. The highest BCUT2D eigenvalue weighted by molar-refractivity contribution is 7.64. The molecule has 2 aliphatic carbocycles. The Bertz CT molecular complexity index is 310. The zero-order valence-electron chi connectivity index (χ0n) is 13.3. The van der Waals surface area contributed by atoms with Crippen molar-refractivity contribution in [1.29, 1.82) is 0 Å². The molecule has 0 spiro atoms. The minimum absolute atomic E-state index is 1.14. The molecule has 0 aromatic heterocycles. The minimum Gasteiger partial charge on any atom is -0.289 e. The van der Waals surface area contributed by atoms with Crippen LogP contribution in [0.4, 0.5) is 0 Å². The second kappa shape index (κ2) is 9.34. The zero-order chi connectivity index (χ0) is 15.0. The molecule has 2 saturated carbocycles. The molecule has 0 aliphatic heterocycles. The van der Waals surface area contributed by atoms with Gasteiger partial charge in [-0.25, -0.2) is 0 Å². The summed E-state index contributed by atoms with van der Waals surface area (Å²) in [6, 6.07) is 0. The van der Waals surface area contributed by atoms with E-state index in [9.17, 15) is 9.13 Å². The van der Waals surface area contributed by atoms with Gasteiger partial charge in [0, 0.05) is 13.3 Å². The normalized spacial score (nSPS) is 22.9. The Morgan fingerprint density at radius 3 is 1.40 bits per heavy atom. The predicted octanol–water partition coefficient (Wildman–Crippen LogP) is 6.06. The molecule has 3 nitrogen and oxygen atoms in total. The summed E-state index contributed by atoms with van der Waals surface area (Å²) >= 11 is 0. The lowest BCUT2D eigenvalue weighted by atomic mass is 9.73. The van der Waals surface area contributed by atoms with E-state index in [-0.39, 0.29) is 0 Å².